The summed E-state index contributed by atoms with van der Waals surface area (Å²) in [5.41, 5.74) is 0.518. The van der Waals surface area contributed by atoms with Gasteiger partial charge in [0.2, 0.25) is 11.0 Å². The summed E-state index contributed by atoms with van der Waals surface area (Å²) < 4.78 is 11.7. The predicted octanol–water partition coefficient (Wildman–Crippen LogP) is 2.96. The molecule has 2 aromatic rings. The van der Waals surface area contributed by atoms with E-state index in [0.717, 1.165) is 22.4 Å². The number of carbonyl (C=O) groups is 2. The van der Waals surface area contributed by atoms with E-state index in [-0.39, 0.29) is 12.3 Å². The maximum Gasteiger partial charge on any atom is 0.325 e. The SMILES string of the molecule is CCCNc1nnc(SCCC(=O)NC(=O)Nc2ccc3c(c2)OCCO3)s1. The molecule has 28 heavy (non-hydrogen) atoms. The standard InChI is InChI=1S/C17H21N5O4S2/c1-2-6-18-16-21-22-17(28-16)27-9-5-14(23)20-15(24)19-11-3-4-12-13(10-11)26-8-7-25-12/h3-4,10H,2,5-9H2,1H3,(H,18,21)(H2,19,20,23,24). The first-order chi connectivity index (χ1) is 13.6. The van der Waals surface area contributed by atoms with Crippen molar-refractivity contribution in [3.8, 4) is 11.5 Å². The number of amides is 3. The van der Waals surface area contributed by atoms with Gasteiger partial charge < -0.3 is 20.1 Å². The molecular weight excluding hydrogens is 402 g/mol. The molecular formula is C17H21N5O4S2. The maximum atomic E-state index is 12.0. The number of anilines is 2. The van der Waals surface area contributed by atoms with Crippen LogP contribution in [0.15, 0.2) is 22.5 Å². The molecule has 0 atom stereocenters. The van der Waals surface area contributed by atoms with E-state index in [0.29, 0.717) is 36.2 Å². The van der Waals surface area contributed by atoms with Crippen LogP contribution in [0.4, 0.5) is 15.6 Å². The van der Waals surface area contributed by atoms with Gasteiger partial charge >= 0.3 is 6.03 Å². The van der Waals surface area contributed by atoms with Crippen LogP contribution in [0.25, 0.3) is 0 Å². The van der Waals surface area contributed by atoms with E-state index < -0.39 is 6.03 Å². The number of nitrogens with one attached hydrogen (secondary N) is 3. The molecule has 1 aromatic carbocycles. The number of nitrogens with zero attached hydrogens (tertiary/aromatic N) is 2. The van der Waals surface area contributed by atoms with Crippen LogP contribution in [0.5, 0.6) is 11.5 Å². The van der Waals surface area contributed by atoms with Crippen molar-refractivity contribution < 1.29 is 19.1 Å². The van der Waals surface area contributed by atoms with Gasteiger partial charge in [-0.15, -0.1) is 10.2 Å². The van der Waals surface area contributed by atoms with Crippen molar-refractivity contribution in [1.29, 1.82) is 0 Å². The van der Waals surface area contributed by atoms with Crippen molar-refractivity contribution in [2.75, 3.05) is 36.1 Å². The Morgan fingerprint density at radius 3 is 2.86 bits per heavy atom. The van der Waals surface area contributed by atoms with Crippen LogP contribution < -0.4 is 25.4 Å². The molecule has 0 bridgehead atoms. The van der Waals surface area contributed by atoms with Gasteiger partial charge in [-0.1, -0.05) is 30.0 Å². The molecule has 9 nitrogen and oxygen atoms in total. The molecule has 3 rings (SSSR count). The smallest absolute Gasteiger partial charge is 0.325 e. The molecule has 1 aliphatic heterocycles. The number of fused-ring (bicyclic) bond motifs is 1. The van der Waals surface area contributed by atoms with E-state index in [1.165, 1.54) is 23.1 Å². The Balaban J connectivity index is 1.38. The van der Waals surface area contributed by atoms with E-state index in [1.807, 2.05) is 0 Å². The van der Waals surface area contributed by atoms with Gasteiger partial charge in [0.25, 0.3) is 0 Å². The lowest BCUT2D eigenvalue weighted by Crippen LogP contribution is -2.34. The quantitative estimate of drug-likeness (QED) is 0.555. The van der Waals surface area contributed by atoms with Gasteiger partial charge in [0.1, 0.15) is 13.2 Å². The van der Waals surface area contributed by atoms with Crippen molar-refractivity contribution >= 4 is 45.9 Å². The fourth-order valence-corrected chi connectivity index (χ4v) is 4.06. The fourth-order valence-electron chi connectivity index (χ4n) is 2.28. The number of aromatic nitrogens is 2. The third kappa shape index (κ3) is 5.99. The summed E-state index contributed by atoms with van der Waals surface area (Å²) in [6, 6.07) is 4.48. The van der Waals surface area contributed by atoms with E-state index in [2.05, 4.69) is 33.1 Å². The number of imide groups is 1. The van der Waals surface area contributed by atoms with Crippen molar-refractivity contribution in [3.05, 3.63) is 18.2 Å². The first-order valence-corrected chi connectivity index (χ1v) is 10.6. The van der Waals surface area contributed by atoms with Crippen LogP contribution in [-0.4, -0.2) is 47.6 Å². The molecule has 3 N–H and O–H groups in total. The van der Waals surface area contributed by atoms with E-state index in [9.17, 15) is 9.59 Å². The summed E-state index contributed by atoms with van der Waals surface area (Å²) in [6.07, 6.45) is 1.20. The molecule has 0 fully saturated rings. The lowest BCUT2D eigenvalue weighted by molar-refractivity contribution is -0.119. The zero-order valence-electron chi connectivity index (χ0n) is 15.3. The molecule has 150 valence electrons. The molecule has 1 aliphatic rings. The molecule has 3 amide bonds. The summed E-state index contributed by atoms with van der Waals surface area (Å²) in [7, 11) is 0. The lowest BCUT2D eigenvalue weighted by atomic mass is 10.2. The Labute approximate surface area is 170 Å². The Hall–Kier alpha value is -2.53. The number of urea groups is 1. The molecule has 0 saturated carbocycles. The normalized spacial score (nSPS) is 12.3. The second-order valence-electron chi connectivity index (χ2n) is 5.76. The minimum atomic E-state index is -0.589. The lowest BCUT2D eigenvalue weighted by Gasteiger charge is -2.19. The second-order valence-corrected chi connectivity index (χ2v) is 8.08. The summed E-state index contributed by atoms with van der Waals surface area (Å²) >= 11 is 2.88. The van der Waals surface area contributed by atoms with Gasteiger partial charge in [-0.05, 0) is 18.6 Å². The van der Waals surface area contributed by atoms with E-state index in [1.54, 1.807) is 18.2 Å². The summed E-state index contributed by atoms with van der Waals surface area (Å²) in [4.78, 5) is 23.9. The molecule has 11 heteroatoms. The summed E-state index contributed by atoms with van der Waals surface area (Å²) in [6.45, 7) is 3.89. The first-order valence-electron chi connectivity index (χ1n) is 8.84. The average molecular weight is 424 g/mol. The van der Waals surface area contributed by atoms with E-state index >= 15 is 0 Å². The number of rotatable bonds is 8. The molecule has 0 saturated heterocycles. The van der Waals surface area contributed by atoms with Gasteiger partial charge in [0, 0.05) is 30.5 Å². The zero-order chi connectivity index (χ0) is 19.8. The third-order valence-corrected chi connectivity index (χ3v) is 5.56. The Morgan fingerprint density at radius 2 is 2.04 bits per heavy atom. The number of carbonyl (C=O) groups excluding carboxylic acids is 2. The number of benzene rings is 1. The number of thioether (sulfide) groups is 1. The molecule has 0 radical (unpaired) electrons. The molecule has 0 aliphatic carbocycles. The first kappa shape index (κ1) is 20.2. The molecule has 0 spiro atoms. The van der Waals surface area contributed by atoms with Crippen LogP contribution in [-0.2, 0) is 4.79 Å². The predicted molar refractivity (Wildman–Crippen MR) is 109 cm³/mol. The number of hydrogen-bond acceptors (Lipinski definition) is 9. The van der Waals surface area contributed by atoms with Gasteiger partial charge in [-0.2, -0.15) is 0 Å². The average Bonchev–Trinajstić information content (AvgIpc) is 3.13. The van der Waals surface area contributed by atoms with Crippen molar-refractivity contribution in [2.45, 2.75) is 24.1 Å². The van der Waals surface area contributed by atoms with Gasteiger partial charge in [-0.25, -0.2) is 4.79 Å². The largest absolute Gasteiger partial charge is 0.486 e. The van der Waals surface area contributed by atoms with Gasteiger partial charge in [-0.3, -0.25) is 10.1 Å². The Morgan fingerprint density at radius 1 is 1.21 bits per heavy atom. The fraction of sp³-hybridized carbons (Fsp3) is 0.412. The number of hydrogen-bond donors (Lipinski definition) is 3. The van der Waals surface area contributed by atoms with Crippen LogP contribution >= 0.6 is 23.1 Å². The van der Waals surface area contributed by atoms with Crippen molar-refractivity contribution in [3.63, 3.8) is 0 Å². The minimum Gasteiger partial charge on any atom is -0.486 e. The topological polar surface area (TPSA) is 114 Å². The maximum absolute atomic E-state index is 12.0. The van der Waals surface area contributed by atoms with Crippen molar-refractivity contribution in [1.82, 2.24) is 15.5 Å². The Kier molecular flexibility index (Phi) is 7.31. The highest BCUT2D eigenvalue weighted by molar-refractivity contribution is 8.01. The van der Waals surface area contributed by atoms with Crippen LogP contribution in [0, 0.1) is 0 Å². The highest BCUT2D eigenvalue weighted by atomic mass is 32.2. The second kappa shape index (κ2) is 10.1. The minimum absolute atomic E-state index is 0.191. The Bertz CT molecular complexity index is 830. The van der Waals surface area contributed by atoms with Gasteiger partial charge in [0.15, 0.2) is 15.8 Å². The third-order valence-electron chi connectivity index (χ3n) is 3.54. The highest BCUT2D eigenvalue weighted by Crippen LogP contribution is 2.32. The summed E-state index contributed by atoms with van der Waals surface area (Å²) in [5, 5.41) is 16.9. The van der Waals surface area contributed by atoms with Crippen LogP contribution in [0.2, 0.25) is 0 Å². The molecule has 2 heterocycles. The van der Waals surface area contributed by atoms with Gasteiger partial charge in [0.05, 0.1) is 0 Å². The van der Waals surface area contributed by atoms with E-state index in [4.69, 9.17) is 9.47 Å². The highest BCUT2D eigenvalue weighted by Gasteiger charge is 2.14. The monoisotopic (exact) mass is 423 g/mol. The van der Waals surface area contributed by atoms with Crippen molar-refractivity contribution in [2.24, 2.45) is 0 Å². The zero-order valence-corrected chi connectivity index (χ0v) is 17.0. The van der Waals surface area contributed by atoms with Crippen LogP contribution in [0.1, 0.15) is 19.8 Å². The molecule has 1 aromatic heterocycles. The van der Waals surface area contributed by atoms with Crippen LogP contribution in [0.3, 0.4) is 0 Å². The summed E-state index contributed by atoms with van der Waals surface area (Å²) in [5.74, 6) is 1.34. The number of ether oxygens (including phenoxy) is 2. The molecule has 0 unspecified atom stereocenters.